The predicted octanol–water partition coefficient (Wildman–Crippen LogP) is 6.22. The van der Waals surface area contributed by atoms with Crippen molar-refractivity contribution in [2.45, 2.75) is 17.1 Å². The van der Waals surface area contributed by atoms with E-state index in [4.69, 9.17) is 4.74 Å². The molecule has 7 nitrogen and oxygen atoms in total. The Bertz CT molecular complexity index is 1490. The van der Waals surface area contributed by atoms with Crippen LogP contribution in [0.1, 0.15) is 22.8 Å². The van der Waals surface area contributed by atoms with Crippen molar-refractivity contribution < 1.29 is 19.1 Å². The van der Waals surface area contributed by atoms with Crippen molar-refractivity contribution in [1.82, 2.24) is 5.32 Å². The molecule has 1 atom stereocenters. The van der Waals surface area contributed by atoms with Crippen LogP contribution in [0.3, 0.4) is 0 Å². The number of thioether (sulfide) groups is 1. The zero-order valence-corrected chi connectivity index (χ0v) is 22.9. The molecule has 0 spiro atoms. The fourth-order valence-corrected chi connectivity index (χ4v) is 4.61. The van der Waals surface area contributed by atoms with Crippen LogP contribution in [0.25, 0.3) is 6.08 Å². The highest BCUT2D eigenvalue weighted by atomic mass is 32.2. The topological polar surface area (TPSA) is 96.5 Å². The van der Waals surface area contributed by atoms with Gasteiger partial charge in [-0.15, -0.1) is 11.8 Å². The first-order chi connectivity index (χ1) is 19.4. The van der Waals surface area contributed by atoms with Crippen molar-refractivity contribution in [2.75, 3.05) is 17.7 Å². The first-order valence-electron chi connectivity index (χ1n) is 12.6. The van der Waals surface area contributed by atoms with Crippen LogP contribution in [0.5, 0.6) is 5.75 Å². The van der Waals surface area contributed by atoms with E-state index in [2.05, 4.69) is 16.0 Å². The predicted molar refractivity (Wildman–Crippen MR) is 160 cm³/mol. The number of hydrogen-bond acceptors (Lipinski definition) is 5. The molecule has 40 heavy (non-hydrogen) atoms. The zero-order valence-electron chi connectivity index (χ0n) is 22.1. The lowest BCUT2D eigenvalue weighted by Gasteiger charge is -2.14. The summed E-state index contributed by atoms with van der Waals surface area (Å²) < 4.78 is 5.15. The molecule has 0 saturated carbocycles. The van der Waals surface area contributed by atoms with Crippen LogP contribution in [0, 0.1) is 0 Å². The van der Waals surface area contributed by atoms with Crippen molar-refractivity contribution >= 4 is 46.9 Å². The molecule has 0 aromatic heterocycles. The molecule has 0 radical (unpaired) electrons. The van der Waals surface area contributed by atoms with E-state index in [1.165, 1.54) is 11.8 Å². The lowest BCUT2D eigenvalue weighted by Crippen LogP contribution is -2.30. The maximum absolute atomic E-state index is 13.3. The Kier molecular flexibility index (Phi) is 9.74. The smallest absolute Gasteiger partial charge is 0.272 e. The van der Waals surface area contributed by atoms with E-state index >= 15 is 0 Å². The van der Waals surface area contributed by atoms with Gasteiger partial charge in [0.05, 0.1) is 12.4 Å². The average Bonchev–Trinajstić information content (AvgIpc) is 2.98. The van der Waals surface area contributed by atoms with Crippen molar-refractivity contribution in [3.8, 4) is 5.75 Å². The SMILES string of the molecule is COc1ccc(NC(=O)C(C)Sc2cccc(NC(=O)/C(=C/c3ccccc3)NC(=O)c3ccccc3)c2)cc1. The third-order valence-electron chi connectivity index (χ3n) is 5.77. The van der Waals surface area contributed by atoms with Gasteiger partial charge < -0.3 is 20.7 Å². The molecule has 0 fully saturated rings. The second-order valence-corrected chi connectivity index (χ2v) is 10.2. The molecule has 0 saturated heterocycles. The van der Waals surface area contributed by atoms with Gasteiger partial charge in [0.2, 0.25) is 5.91 Å². The van der Waals surface area contributed by atoms with E-state index in [1.807, 2.05) is 49.4 Å². The number of benzene rings is 4. The number of amides is 3. The first-order valence-corrected chi connectivity index (χ1v) is 13.5. The number of nitrogens with one attached hydrogen (secondary N) is 3. The minimum absolute atomic E-state index is 0.102. The summed E-state index contributed by atoms with van der Waals surface area (Å²) >= 11 is 1.37. The number of carbonyl (C=O) groups is 3. The summed E-state index contributed by atoms with van der Waals surface area (Å²) in [7, 11) is 1.59. The standard InChI is InChI=1S/C32H29N3O4S/c1-22(30(36)33-25-16-18-27(39-2)19-17-25)40-28-15-9-14-26(21-28)34-32(38)29(20-23-10-5-3-6-11-23)35-31(37)24-12-7-4-8-13-24/h3-22H,1-2H3,(H,33,36)(H,34,38)(H,35,37)/b29-20-. The van der Waals surface area contributed by atoms with Crippen molar-refractivity contribution in [3.05, 3.63) is 126 Å². The highest BCUT2D eigenvalue weighted by molar-refractivity contribution is 8.00. The Morgan fingerprint density at radius 2 is 1.45 bits per heavy atom. The molecule has 0 aliphatic heterocycles. The number of hydrogen-bond donors (Lipinski definition) is 3. The Morgan fingerprint density at radius 1 is 0.775 bits per heavy atom. The Hall–Kier alpha value is -4.82. The van der Waals surface area contributed by atoms with E-state index in [1.54, 1.807) is 79.9 Å². The van der Waals surface area contributed by atoms with Gasteiger partial charge in [-0.2, -0.15) is 0 Å². The number of ether oxygens (including phenoxy) is 1. The van der Waals surface area contributed by atoms with Crippen LogP contribution < -0.4 is 20.7 Å². The quantitative estimate of drug-likeness (QED) is 0.161. The largest absolute Gasteiger partial charge is 0.497 e. The molecule has 4 aromatic rings. The van der Waals surface area contributed by atoms with E-state index < -0.39 is 11.2 Å². The number of anilines is 2. The van der Waals surface area contributed by atoms with Crippen molar-refractivity contribution in [1.29, 1.82) is 0 Å². The molecule has 4 aromatic carbocycles. The van der Waals surface area contributed by atoms with Crippen LogP contribution in [0.4, 0.5) is 11.4 Å². The first kappa shape index (κ1) is 28.2. The molecule has 1 unspecified atom stereocenters. The van der Waals surface area contributed by atoms with Gasteiger partial charge in [-0.3, -0.25) is 14.4 Å². The maximum atomic E-state index is 13.3. The highest BCUT2D eigenvalue weighted by Gasteiger charge is 2.17. The fraction of sp³-hybridized carbons (Fsp3) is 0.0938. The fourth-order valence-electron chi connectivity index (χ4n) is 3.68. The summed E-state index contributed by atoms with van der Waals surface area (Å²) in [5.41, 5.74) is 2.52. The summed E-state index contributed by atoms with van der Waals surface area (Å²) in [6.07, 6.45) is 1.63. The van der Waals surface area contributed by atoms with Crippen LogP contribution in [-0.4, -0.2) is 30.1 Å². The van der Waals surface area contributed by atoms with Crippen LogP contribution in [0.2, 0.25) is 0 Å². The molecule has 8 heteroatoms. The van der Waals surface area contributed by atoms with Crippen molar-refractivity contribution in [2.24, 2.45) is 0 Å². The van der Waals surface area contributed by atoms with Gasteiger partial charge in [0.25, 0.3) is 11.8 Å². The Labute approximate surface area is 237 Å². The van der Waals surface area contributed by atoms with Crippen LogP contribution >= 0.6 is 11.8 Å². The summed E-state index contributed by atoms with van der Waals surface area (Å²) in [6.45, 7) is 1.81. The lowest BCUT2D eigenvalue weighted by molar-refractivity contribution is -0.115. The maximum Gasteiger partial charge on any atom is 0.272 e. The lowest BCUT2D eigenvalue weighted by atomic mass is 10.1. The zero-order chi connectivity index (χ0) is 28.3. The van der Waals surface area contributed by atoms with Crippen LogP contribution in [-0.2, 0) is 9.59 Å². The summed E-state index contributed by atoms with van der Waals surface area (Å²) in [6, 6.07) is 32.3. The van der Waals surface area contributed by atoms with Gasteiger partial charge in [0.1, 0.15) is 11.4 Å². The minimum Gasteiger partial charge on any atom is -0.497 e. The normalized spacial score (nSPS) is 11.7. The second-order valence-electron chi connectivity index (χ2n) is 8.75. The molecular formula is C32H29N3O4S. The highest BCUT2D eigenvalue weighted by Crippen LogP contribution is 2.27. The molecule has 4 rings (SSSR count). The van der Waals surface area contributed by atoms with Gasteiger partial charge >= 0.3 is 0 Å². The van der Waals surface area contributed by atoms with E-state index in [0.717, 1.165) is 10.5 Å². The number of carbonyl (C=O) groups excluding carboxylic acids is 3. The van der Waals surface area contributed by atoms with E-state index in [0.29, 0.717) is 22.7 Å². The third kappa shape index (κ3) is 8.09. The van der Waals surface area contributed by atoms with Gasteiger partial charge in [0.15, 0.2) is 0 Å². The van der Waals surface area contributed by atoms with Gasteiger partial charge in [0, 0.05) is 21.8 Å². The molecule has 0 heterocycles. The monoisotopic (exact) mass is 551 g/mol. The van der Waals surface area contributed by atoms with E-state index in [-0.39, 0.29) is 17.5 Å². The van der Waals surface area contributed by atoms with Crippen molar-refractivity contribution in [3.63, 3.8) is 0 Å². The molecule has 0 aliphatic rings. The molecule has 0 aliphatic carbocycles. The van der Waals surface area contributed by atoms with Gasteiger partial charge in [-0.1, -0.05) is 54.6 Å². The third-order valence-corrected chi connectivity index (χ3v) is 6.86. The molecule has 202 valence electrons. The van der Waals surface area contributed by atoms with Crippen LogP contribution in [0.15, 0.2) is 120 Å². The molecule has 0 bridgehead atoms. The van der Waals surface area contributed by atoms with Gasteiger partial charge in [-0.25, -0.2) is 0 Å². The summed E-state index contributed by atoms with van der Waals surface area (Å²) in [4.78, 5) is 39.7. The average molecular weight is 552 g/mol. The molecule has 3 amide bonds. The Balaban J connectivity index is 1.44. The summed E-state index contributed by atoms with van der Waals surface area (Å²) in [5.74, 6) is -0.304. The number of methoxy groups -OCH3 is 1. The molecular weight excluding hydrogens is 522 g/mol. The number of rotatable bonds is 10. The minimum atomic E-state index is -0.472. The van der Waals surface area contributed by atoms with Gasteiger partial charge in [-0.05, 0) is 73.2 Å². The second kappa shape index (κ2) is 13.8. The Morgan fingerprint density at radius 3 is 2.12 bits per heavy atom. The molecule has 3 N–H and O–H groups in total. The van der Waals surface area contributed by atoms with E-state index in [9.17, 15) is 14.4 Å². The summed E-state index contributed by atoms with van der Waals surface area (Å²) in [5, 5.41) is 8.10.